The van der Waals surface area contributed by atoms with Crippen molar-refractivity contribution in [1.29, 1.82) is 0 Å². The molecule has 3 rings (SSSR count). The molecule has 0 saturated carbocycles. The molecular formula is C24H25NO4. The highest BCUT2D eigenvalue weighted by molar-refractivity contribution is 5.83. The molecule has 0 atom stereocenters. The molecule has 5 heteroatoms. The smallest absolute Gasteiger partial charge is 0.341 e. The van der Waals surface area contributed by atoms with Crippen molar-refractivity contribution >= 4 is 22.6 Å². The molecule has 0 unspecified atom stereocenters. The van der Waals surface area contributed by atoms with Gasteiger partial charge < -0.3 is 14.7 Å². The average Bonchev–Trinajstić information content (AvgIpc) is 2.73. The summed E-state index contributed by atoms with van der Waals surface area (Å²) in [5.41, 5.74) is 2.22. The van der Waals surface area contributed by atoms with E-state index < -0.39 is 5.97 Å². The number of carbonyl (C=O) groups is 2. The molecule has 0 bridgehead atoms. The van der Waals surface area contributed by atoms with Gasteiger partial charge in [-0.2, -0.15) is 0 Å². The quantitative estimate of drug-likeness (QED) is 0.591. The highest BCUT2D eigenvalue weighted by Crippen LogP contribution is 2.18. The van der Waals surface area contributed by atoms with Crippen LogP contribution in [0.15, 0.2) is 66.7 Å². The Hall–Kier alpha value is -3.34. The average molecular weight is 391 g/mol. The Morgan fingerprint density at radius 2 is 1.62 bits per heavy atom. The number of nitrogens with zero attached hydrogens (tertiary/aromatic N) is 1. The first-order valence-electron chi connectivity index (χ1n) is 9.66. The molecule has 0 spiro atoms. The number of carboxylic acids is 1. The van der Waals surface area contributed by atoms with E-state index in [-0.39, 0.29) is 12.5 Å². The van der Waals surface area contributed by atoms with Crippen molar-refractivity contribution < 1.29 is 19.4 Å². The van der Waals surface area contributed by atoms with E-state index in [1.165, 1.54) is 16.3 Å². The second-order valence-corrected chi connectivity index (χ2v) is 7.11. The van der Waals surface area contributed by atoms with E-state index in [4.69, 9.17) is 9.84 Å². The largest absolute Gasteiger partial charge is 0.482 e. The molecule has 0 radical (unpaired) electrons. The summed E-state index contributed by atoms with van der Waals surface area (Å²) in [4.78, 5) is 24.7. The summed E-state index contributed by atoms with van der Waals surface area (Å²) in [6.07, 6.45) is 2.19. The number of benzene rings is 3. The van der Waals surface area contributed by atoms with Gasteiger partial charge in [0.2, 0.25) is 5.91 Å². The molecule has 5 nitrogen and oxygen atoms in total. The molecule has 0 aliphatic carbocycles. The summed E-state index contributed by atoms with van der Waals surface area (Å²) in [5.74, 6) is -0.402. The number of ether oxygens (including phenoxy) is 1. The number of aliphatic carboxylic acids is 1. The van der Waals surface area contributed by atoms with Crippen LogP contribution < -0.4 is 4.74 Å². The number of rotatable bonds is 9. The number of carboxylic acid groups (broad SMARTS) is 1. The van der Waals surface area contributed by atoms with Gasteiger partial charge in [0.1, 0.15) is 5.75 Å². The van der Waals surface area contributed by atoms with Gasteiger partial charge in [-0.25, -0.2) is 4.79 Å². The second kappa shape index (κ2) is 9.73. The maximum absolute atomic E-state index is 12.4. The van der Waals surface area contributed by atoms with Gasteiger partial charge in [0.05, 0.1) is 0 Å². The summed E-state index contributed by atoms with van der Waals surface area (Å²) in [7, 11) is 1.80. The first kappa shape index (κ1) is 20.4. The van der Waals surface area contributed by atoms with Crippen molar-refractivity contribution in [2.75, 3.05) is 13.7 Å². The van der Waals surface area contributed by atoms with Crippen LogP contribution in [0.4, 0.5) is 0 Å². The molecule has 1 amide bonds. The summed E-state index contributed by atoms with van der Waals surface area (Å²) >= 11 is 0. The molecule has 0 fully saturated rings. The minimum absolute atomic E-state index is 0.108. The lowest BCUT2D eigenvalue weighted by molar-refractivity contribution is -0.139. The Morgan fingerprint density at radius 3 is 2.34 bits per heavy atom. The first-order chi connectivity index (χ1) is 14.0. The van der Waals surface area contributed by atoms with E-state index in [0.29, 0.717) is 18.7 Å². The normalized spacial score (nSPS) is 10.7. The molecule has 0 aliphatic rings. The maximum atomic E-state index is 12.4. The van der Waals surface area contributed by atoms with Gasteiger partial charge in [-0.1, -0.05) is 54.6 Å². The molecule has 0 heterocycles. The van der Waals surface area contributed by atoms with Gasteiger partial charge in [-0.15, -0.1) is 0 Å². The predicted molar refractivity (Wildman–Crippen MR) is 113 cm³/mol. The van der Waals surface area contributed by atoms with Gasteiger partial charge >= 0.3 is 5.97 Å². The third-order valence-electron chi connectivity index (χ3n) is 4.80. The number of amides is 1. The minimum Gasteiger partial charge on any atom is -0.482 e. The lowest BCUT2D eigenvalue weighted by atomic mass is 10.0. The van der Waals surface area contributed by atoms with Crippen LogP contribution in [0.1, 0.15) is 24.0 Å². The van der Waals surface area contributed by atoms with E-state index >= 15 is 0 Å². The molecule has 3 aromatic carbocycles. The monoisotopic (exact) mass is 391 g/mol. The lowest BCUT2D eigenvalue weighted by Gasteiger charge is -2.17. The first-order valence-corrected chi connectivity index (χ1v) is 9.66. The van der Waals surface area contributed by atoms with Crippen LogP contribution in [-0.4, -0.2) is 35.5 Å². The van der Waals surface area contributed by atoms with Crippen LogP contribution in [0.3, 0.4) is 0 Å². The molecule has 0 aromatic heterocycles. The predicted octanol–water partition coefficient (Wildman–Crippen LogP) is 4.28. The topological polar surface area (TPSA) is 66.8 Å². The number of carbonyl (C=O) groups excluding carboxylic acids is 1. The number of hydrogen-bond acceptors (Lipinski definition) is 3. The molecular weight excluding hydrogens is 366 g/mol. The molecule has 29 heavy (non-hydrogen) atoms. The van der Waals surface area contributed by atoms with Crippen LogP contribution in [0, 0.1) is 0 Å². The van der Waals surface area contributed by atoms with E-state index in [0.717, 1.165) is 18.4 Å². The zero-order valence-corrected chi connectivity index (χ0v) is 16.5. The number of hydrogen-bond donors (Lipinski definition) is 1. The summed E-state index contributed by atoms with van der Waals surface area (Å²) in [6, 6.07) is 21.9. The fourth-order valence-corrected chi connectivity index (χ4v) is 3.23. The third-order valence-corrected chi connectivity index (χ3v) is 4.80. The highest BCUT2D eigenvalue weighted by Gasteiger charge is 2.10. The molecule has 0 aliphatic heterocycles. The van der Waals surface area contributed by atoms with Crippen molar-refractivity contribution in [3.63, 3.8) is 0 Å². The van der Waals surface area contributed by atoms with Gasteiger partial charge in [0.15, 0.2) is 6.61 Å². The Bertz CT molecular complexity index is 982. The van der Waals surface area contributed by atoms with E-state index in [1.807, 2.05) is 24.3 Å². The van der Waals surface area contributed by atoms with Crippen molar-refractivity contribution in [2.24, 2.45) is 0 Å². The molecule has 3 aromatic rings. The van der Waals surface area contributed by atoms with E-state index in [2.05, 4.69) is 30.3 Å². The van der Waals surface area contributed by atoms with Crippen LogP contribution >= 0.6 is 0 Å². The molecule has 0 saturated heterocycles. The van der Waals surface area contributed by atoms with Crippen molar-refractivity contribution in [1.82, 2.24) is 4.90 Å². The zero-order valence-electron chi connectivity index (χ0n) is 16.5. The van der Waals surface area contributed by atoms with Gasteiger partial charge in [0.25, 0.3) is 0 Å². The van der Waals surface area contributed by atoms with Gasteiger partial charge in [0, 0.05) is 20.0 Å². The zero-order chi connectivity index (χ0) is 20.6. The SMILES string of the molecule is CN(Cc1ccc(OCC(=O)O)cc1)C(=O)CCCc1ccc2ccccc2c1. The van der Waals surface area contributed by atoms with Crippen molar-refractivity contribution in [3.05, 3.63) is 77.9 Å². The third kappa shape index (κ3) is 6.07. The second-order valence-electron chi connectivity index (χ2n) is 7.11. The Morgan fingerprint density at radius 1 is 0.931 bits per heavy atom. The summed E-state index contributed by atoms with van der Waals surface area (Å²) < 4.78 is 5.12. The van der Waals surface area contributed by atoms with Crippen LogP contribution in [-0.2, 0) is 22.6 Å². The highest BCUT2D eigenvalue weighted by atomic mass is 16.5. The Balaban J connectivity index is 1.45. The summed E-state index contributed by atoms with van der Waals surface area (Å²) in [5, 5.41) is 11.1. The van der Waals surface area contributed by atoms with Crippen LogP contribution in [0.5, 0.6) is 5.75 Å². The van der Waals surface area contributed by atoms with Crippen molar-refractivity contribution in [2.45, 2.75) is 25.8 Å². The lowest BCUT2D eigenvalue weighted by Crippen LogP contribution is -2.25. The standard InChI is InChI=1S/C24H25NO4/c1-25(16-19-10-13-22(14-11-19)29-17-24(27)28)23(26)8-4-5-18-9-12-20-6-2-3-7-21(20)15-18/h2-3,6-7,9-15H,4-5,8,16-17H2,1H3,(H,27,28). The Labute approximate surface area is 170 Å². The Kier molecular flexibility index (Phi) is 6.85. The fourth-order valence-electron chi connectivity index (χ4n) is 3.23. The summed E-state index contributed by atoms with van der Waals surface area (Å²) in [6.45, 7) is 0.142. The fraction of sp³-hybridized carbons (Fsp3) is 0.250. The van der Waals surface area contributed by atoms with Gasteiger partial charge in [-0.3, -0.25) is 4.79 Å². The van der Waals surface area contributed by atoms with E-state index in [9.17, 15) is 9.59 Å². The maximum Gasteiger partial charge on any atom is 0.341 e. The van der Waals surface area contributed by atoms with Crippen LogP contribution in [0.25, 0.3) is 10.8 Å². The van der Waals surface area contributed by atoms with E-state index in [1.54, 1.807) is 24.1 Å². The molecule has 150 valence electrons. The minimum atomic E-state index is -1.01. The number of fused-ring (bicyclic) bond motifs is 1. The number of aryl methyl sites for hydroxylation is 1. The van der Waals surface area contributed by atoms with Crippen LogP contribution in [0.2, 0.25) is 0 Å². The molecule has 1 N–H and O–H groups in total. The van der Waals surface area contributed by atoms with Crippen molar-refractivity contribution in [3.8, 4) is 5.75 Å². The van der Waals surface area contributed by atoms with Gasteiger partial charge in [-0.05, 0) is 46.9 Å².